The number of benzene rings is 2. The summed E-state index contributed by atoms with van der Waals surface area (Å²) < 4.78 is 0.944. The van der Waals surface area contributed by atoms with Crippen LogP contribution in [0.25, 0.3) is 10.9 Å². The summed E-state index contributed by atoms with van der Waals surface area (Å²) in [6.07, 6.45) is 0.996. The average molecular weight is 392 g/mol. The Morgan fingerprint density at radius 2 is 1.83 bits per heavy atom. The van der Waals surface area contributed by atoms with Crippen molar-refractivity contribution in [3.63, 3.8) is 0 Å². The first-order valence-corrected chi connectivity index (χ1v) is 9.82. The molecule has 2 N–H and O–H groups in total. The molecule has 29 heavy (non-hydrogen) atoms. The van der Waals surface area contributed by atoms with Gasteiger partial charge in [-0.25, -0.2) is 4.79 Å². The lowest BCUT2D eigenvalue weighted by Crippen LogP contribution is -2.46. The molecular formula is C22H24N4O3. The molecule has 0 saturated heterocycles. The number of aromatic nitrogens is 2. The first-order chi connectivity index (χ1) is 14.0. The van der Waals surface area contributed by atoms with Gasteiger partial charge >= 0.3 is 5.69 Å². The largest absolute Gasteiger partial charge is 0.353 e. The minimum Gasteiger partial charge on any atom is -0.353 e. The van der Waals surface area contributed by atoms with E-state index in [1.807, 2.05) is 6.07 Å². The number of carbonyl (C=O) groups excluding carboxylic acids is 1. The lowest BCUT2D eigenvalue weighted by atomic mass is 9.99. The van der Waals surface area contributed by atoms with Crippen LogP contribution in [0.15, 0.2) is 58.1 Å². The van der Waals surface area contributed by atoms with Gasteiger partial charge in [0.05, 0.1) is 10.9 Å². The van der Waals surface area contributed by atoms with Crippen molar-refractivity contribution >= 4 is 16.8 Å². The first kappa shape index (κ1) is 19.1. The number of hydrogen-bond acceptors (Lipinski definition) is 4. The number of carbonyl (C=O) groups is 1. The number of nitrogens with one attached hydrogen (secondary N) is 2. The molecule has 0 fully saturated rings. The number of para-hydroxylation sites is 1. The normalized spacial score (nSPS) is 15.1. The highest BCUT2D eigenvalue weighted by atomic mass is 16.2. The highest BCUT2D eigenvalue weighted by Gasteiger charge is 2.21. The summed E-state index contributed by atoms with van der Waals surface area (Å²) in [4.78, 5) is 42.1. The second kappa shape index (κ2) is 8.05. The standard InChI is InChI=1S/C22H24N4O3/c1-15(25-11-10-16-6-2-3-7-17(16)13-25)12-23-20(27)14-26-21(28)18-8-4-5-9-19(18)24-22(26)29/h2-9,15H,10-14H2,1H3,(H,23,27)(H,24,29)/t15-/m0/s1. The third-order valence-corrected chi connectivity index (χ3v) is 5.57. The van der Waals surface area contributed by atoms with Crippen molar-refractivity contribution in [1.29, 1.82) is 0 Å². The maximum Gasteiger partial charge on any atom is 0.329 e. The van der Waals surface area contributed by atoms with Crippen LogP contribution in [0.3, 0.4) is 0 Å². The number of H-pyrrole nitrogens is 1. The van der Waals surface area contributed by atoms with Gasteiger partial charge in [0, 0.05) is 25.7 Å². The lowest BCUT2D eigenvalue weighted by molar-refractivity contribution is -0.122. The molecule has 0 radical (unpaired) electrons. The molecular weight excluding hydrogens is 368 g/mol. The summed E-state index contributed by atoms with van der Waals surface area (Å²) in [5.41, 5.74) is 2.14. The smallest absolute Gasteiger partial charge is 0.329 e. The number of nitrogens with zero attached hydrogens (tertiary/aromatic N) is 2. The molecule has 7 nitrogen and oxygen atoms in total. The number of hydrogen-bond donors (Lipinski definition) is 2. The average Bonchev–Trinajstić information content (AvgIpc) is 2.74. The lowest BCUT2D eigenvalue weighted by Gasteiger charge is -2.33. The molecule has 2 heterocycles. The van der Waals surface area contributed by atoms with E-state index in [2.05, 4.69) is 40.3 Å². The zero-order chi connectivity index (χ0) is 20.4. The van der Waals surface area contributed by atoms with E-state index in [0.29, 0.717) is 17.4 Å². The topological polar surface area (TPSA) is 87.2 Å². The zero-order valence-corrected chi connectivity index (χ0v) is 16.4. The van der Waals surface area contributed by atoms with Crippen LogP contribution in [0, 0.1) is 0 Å². The van der Waals surface area contributed by atoms with Gasteiger partial charge in [-0.15, -0.1) is 0 Å². The van der Waals surface area contributed by atoms with Gasteiger partial charge in [-0.3, -0.25) is 19.1 Å². The van der Waals surface area contributed by atoms with Crippen LogP contribution in [0.2, 0.25) is 0 Å². The molecule has 4 rings (SSSR count). The van der Waals surface area contributed by atoms with Gasteiger partial charge in [0.1, 0.15) is 6.54 Å². The van der Waals surface area contributed by atoms with Gasteiger partial charge in [-0.1, -0.05) is 36.4 Å². The van der Waals surface area contributed by atoms with Gasteiger partial charge in [0.25, 0.3) is 5.56 Å². The number of rotatable bonds is 5. The zero-order valence-electron chi connectivity index (χ0n) is 16.4. The van der Waals surface area contributed by atoms with Crippen LogP contribution in [0.5, 0.6) is 0 Å². The molecule has 1 amide bonds. The predicted octanol–water partition coefficient (Wildman–Crippen LogP) is 1.25. The molecule has 1 aliphatic heterocycles. The Morgan fingerprint density at radius 3 is 2.66 bits per heavy atom. The van der Waals surface area contributed by atoms with E-state index >= 15 is 0 Å². The summed E-state index contributed by atoms with van der Waals surface area (Å²) in [6.45, 7) is 4.04. The second-order valence-electron chi connectivity index (χ2n) is 7.51. The van der Waals surface area contributed by atoms with Crippen LogP contribution in [0.1, 0.15) is 18.1 Å². The molecule has 0 unspecified atom stereocenters. The Hall–Kier alpha value is -3.19. The van der Waals surface area contributed by atoms with E-state index in [-0.39, 0.29) is 18.5 Å². The summed E-state index contributed by atoms with van der Waals surface area (Å²) in [5, 5.41) is 3.25. The summed E-state index contributed by atoms with van der Waals surface area (Å²) >= 11 is 0. The number of fused-ring (bicyclic) bond motifs is 2. The van der Waals surface area contributed by atoms with Crippen molar-refractivity contribution in [2.24, 2.45) is 0 Å². The first-order valence-electron chi connectivity index (χ1n) is 9.82. The molecule has 2 aromatic carbocycles. The van der Waals surface area contributed by atoms with E-state index in [4.69, 9.17) is 0 Å². The van der Waals surface area contributed by atoms with Crippen molar-refractivity contribution in [3.8, 4) is 0 Å². The summed E-state index contributed by atoms with van der Waals surface area (Å²) in [5.74, 6) is -0.350. The molecule has 1 aliphatic rings. The van der Waals surface area contributed by atoms with Gasteiger partial charge < -0.3 is 10.3 Å². The molecule has 3 aromatic rings. The van der Waals surface area contributed by atoms with Gasteiger partial charge in [-0.2, -0.15) is 0 Å². The Kier molecular flexibility index (Phi) is 5.31. The molecule has 7 heteroatoms. The number of aromatic amines is 1. The Bertz CT molecular complexity index is 1160. The van der Waals surface area contributed by atoms with Crippen LogP contribution < -0.4 is 16.6 Å². The highest BCUT2D eigenvalue weighted by Crippen LogP contribution is 2.19. The molecule has 1 aromatic heterocycles. The van der Waals surface area contributed by atoms with Crippen LogP contribution >= 0.6 is 0 Å². The Morgan fingerprint density at radius 1 is 1.10 bits per heavy atom. The van der Waals surface area contributed by atoms with Crippen LogP contribution in [-0.4, -0.2) is 39.5 Å². The summed E-state index contributed by atoms with van der Waals surface area (Å²) in [6, 6.07) is 15.4. The summed E-state index contributed by atoms with van der Waals surface area (Å²) in [7, 11) is 0. The van der Waals surface area contributed by atoms with E-state index in [0.717, 1.165) is 24.1 Å². The predicted molar refractivity (Wildman–Crippen MR) is 112 cm³/mol. The minimum atomic E-state index is -0.579. The van der Waals surface area contributed by atoms with Gasteiger partial charge in [-0.05, 0) is 36.6 Å². The third kappa shape index (κ3) is 4.00. The Balaban J connectivity index is 1.39. The maximum atomic E-state index is 12.5. The van der Waals surface area contributed by atoms with E-state index in [9.17, 15) is 14.4 Å². The van der Waals surface area contributed by atoms with Gasteiger partial charge in [0.15, 0.2) is 0 Å². The Labute approximate surface area is 168 Å². The van der Waals surface area contributed by atoms with Crippen molar-refractivity contribution in [2.45, 2.75) is 32.5 Å². The molecule has 150 valence electrons. The fourth-order valence-electron chi connectivity index (χ4n) is 3.83. The van der Waals surface area contributed by atoms with Crippen molar-refractivity contribution < 1.29 is 4.79 Å². The molecule has 0 bridgehead atoms. The minimum absolute atomic E-state index is 0.152. The molecule has 0 spiro atoms. The van der Waals surface area contributed by atoms with Crippen LogP contribution in [0.4, 0.5) is 0 Å². The fraction of sp³-hybridized carbons (Fsp3) is 0.318. The van der Waals surface area contributed by atoms with Crippen LogP contribution in [-0.2, 0) is 24.3 Å². The molecule has 0 saturated carbocycles. The van der Waals surface area contributed by atoms with Crippen molar-refractivity contribution in [3.05, 3.63) is 80.5 Å². The molecule has 0 aliphatic carbocycles. The van der Waals surface area contributed by atoms with E-state index in [1.165, 1.54) is 11.1 Å². The fourth-order valence-corrected chi connectivity index (χ4v) is 3.83. The van der Waals surface area contributed by atoms with Crippen molar-refractivity contribution in [1.82, 2.24) is 19.8 Å². The quantitative estimate of drug-likeness (QED) is 0.684. The maximum absolute atomic E-state index is 12.5. The number of amides is 1. The third-order valence-electron chi connectivity index (χ3n) is 5.57. The van der Waals surface area contributed by atoms with E-state index in [1.54, 1.807) is 24.3 Å². The van der Waals surface area contributed by atoms with E-state index < -0.39 is 11.2 Å². The van der Waals surface area contributed by atoms with Crippen molar-refractivity contribution in [2.75, 3.05) is 13.1 Å². The second-order valence-corrected chi connectivity index (χ2v) is 7.51. The molecule has 1 atom stereocenters. The monoisotopic (exact) mass is 392 g/mol. The van der Waals surface area contributed by atoms with Gasteiger partial charge in [0.2, 0.25) is 5.91 Å². The highest BCUT2D eigenvalue weighted by molar-refractivity contribution is 5.78. The SMILES string of the molecule is C[C@@H](CNC(=O)Cn1c(=O)[nH]c2ccccc2c1=O)N1CCc2ccccc2C1.